The Bertz CT molecular complexity index is 443. The minimum absolute atomic E-state index is 0.0233. The van der Waals surface area contributed by atoms with Crippen molar-refractivity contribution < 1.29 is 4.79 Å². The number of hydrazine groups is 1. The highest BCUT2D eigenvalue weighted by Gasteiger charge is 2.04. The third-order valence-electron chi connectivity index (χ3n) is 1.57. The van der Waals surface area contributed by atoms with Gasteiger partial charge in [-0.2, -0.15) is 4.99 Å². The van der Waals surface area contributed by atoms with Gasteiger partial charge in [-0.05, 0) is 12.1 Å². The predicted molar refractivity (Wildman–Crippen MR) is 72.0 cm³/mol. The monoisotopic (exact) mass is 267 g/mol. The van der Waals surface area contributed by atoms with Gasteiger partial charge in [-0.25, -0.2) is 4.98 Å². The molecule has 1 rings (SSSR count). The van der Waals surface area contributed by atoms with Gasteiger partial charge < -0.3 is 11.5 Å². The van der Waals surface area contributed by atoms with Crippen LogP contribution in [0.3, 0.4) is 0 Å². The van der Waals surface area contributed by atoms with Gasteiger partial charge in [0.05, 0.1) is 5.75 Å². The van der Waals surface area contributed by atoms with Gasteiger partial charge in [0.25, 0.3) is 0 Å². The maximum Gasteiger partial charge on any atom is 0.248 e. The van der Waals surface area contributed by atoms with Crippen molar-refractivity contribution in [2.24, 2.45) is 16.5 Å². The Labute approximate surface area is 108 Å². The normalized spacial score (nSPS) is 9.33. The number of anilines is 1. The molecule has 0 aliphatic carbocycles. The van der Waals surface area contributed by atoms with Crippen molar-refractivity contribution in [3.05, 3.63) is 24.4 Å². The molecule has 0 saturated heterocycles. The fraction of sp³-hybridized carbons (Fsp3) is 0.111. The van der Waals surface area contributed by atoms with Crippen LogP contribution in [0.4, 0.5) is 5.82 Å². The lowest BCUT2D eigenvalue weighted by Gasteiger charge is -2.06. The van der Waals surface area contributed by atoms with Crippen LogP contribution >= 0.6 is 11.8 Å². The van der Waals surface area contributed by atoms with Gasteiger partial charge in [0.2, 0.25) is 5.91 Å². The van der Waals surface area contributed by atoms with Crippen molar-refractivity contribution in [1.82, 2.24) is 10.4 Å². The first-order chi connectivity index (χ1) is 8.58. The van der Waals surface area contributed by atoms with Crippen molar-refractivity contribution in [1.29, 1.82) is 5.41 Å². The number of thioether (sulfide) groups is 1. The van der Waals surface area contributed by atoms with Gasteiger partial charge >= 0.3 is 0 Å². The van der Waals surface area contributed by atoms with E-state index >= 15 is 0 Å². The second-order valence-electron chi connectivity index (χ2n) is 3.02. The molecular formula is C9H13N7OS. The Balaban J connectivity index is 2.26. The Hall–Kier alpha value is -2.29. The molecule has 0 atom stereocenters. The second-order valence-corrected chi connectivity index (χ2v) is 3.98. The number of guanidine groups is 1. The molecule has 1 aromatic heterocycles. The zero-order chi connectivity index (χ0) is 13.4. The zero-order valence-electron chi connectivity index (χ0n) is 9.38. The van der Waals surface area contributed by atoms with E-state index in [9.17, 15) is 4.79 Å². The van der Waals surface area contributed by atoms with Crippen molar-refractivity contribution >= 4 is 34.6 Å². The average molecular weight is 267 g/mol. The van der Waals surface area contributed by atoms with Gasteiger partial charge in [0.15, 0.2) is 11.1 Å². The molecule has 0 fully saturated rings. The van der Waals surface area contributed by atoms with E-state index < -0.39 is 0 Å². The second kappa shape index (κ2) is 7.12. The number of nitrogens with two attached hydrogens (primary N) is 2. The fourth-order valence-corrected chi connectivity index (χ4v) is 1.40. The molecule has 0 aromatic carbocycles. The summed E-state index contributed by atoms with van der Waals surface area (Å²) in [6.07, 6.45) is 1.59. The number of aromatic nitrogens is 1. The first-order valence-electron chi connectivity index (χ1n) is 4.85. The molecule has 0 aliphatic heterocycles. The highest BCUT2D eigenvalue weighted by atomic mass is 32.2. The van der Waals surface area contributed by atoms with Crippen LogP contribution in [-0.2, 0) is 4.79 Å². The molecule has 0 spiro atoms. The molecule has 9 heteroatoms. The van der Waals surface area contributed by atoms with Crippen molar-refractivity contribution in [2.45, 2.75) is 0 Å². The van der Waals surface area contributed by atoms with E-state index in [1.54, 1.807) is 24.4 Å². The first kappa shape index (κ1) is 13.8. The van der Waals surface area contributed by atoms with Crippen LogP contribution in [0.1, 0.15) is 0 Å². The zero-order valence-corrected chi connectivity index (χ0v) is 10.2. The van der Waals surface area contributed by atoms with E-state index in [1.807, 2.05) is 0 Å². The van der Waals surface area contributed by atoms with Crippen LogP contribution in [0.25, 0.3) is 0 Å². The third-order valence-corrected chi connectivity index (χ3v) is 2.34. The number of hydrogen-bond donors (Lipinski definition) is 5. The summed E-state index contributed by atoms with van der Waals surface area (Å²) in [7, 11) is 0. The van der Waals surface area contributed by atoms with Crippen molar-refractivity contribution in [2.75, 3.05) is 11.2 Å². The summed E-state index contributed by atoms with van der Waals surface area (Å²) in [6.45, 7) is 0. The maximum atomic E-state index is 11.4. The first-order valence-corrected chi connectivity index (χ1v) is 5.83. The molecule has 18 heavy (non-hydrogen) atoms. The molecule has 0 unspecified atom stereocenters. The van der Waals surface area contributed by atoms with Crippen LogP contribution < -0.4 is 22.3 Å². The largest absolute Gasteiger partial charge is 0.370 e. The minimum atomic E-state index is -0.318. The van der Waals surface area contributed by atoms with Crippen molar-refractivity contribution in [3.8, 4) is 0 Å². The minimum Gasteiger partial charge on any atom is -0.370 e. The summed E-state index contributed by atoms with van der Waals surface area (Å²) in [4.78, 5) is 18.8. The Kier molecular flexibility index (Phi) is 5.45. The number of aliphatic imine (C=N–C) groups is 1. The number of amidine groups is 1. The maximum absolute atomic E-state index is 11.4. The Morgan fingerprint density at radius 3 is 2.89 bits per heavy atom. The summed E-state index contributed by atoms with van der Waals surface area (Å²) in [5.74, 6) is 0.0194. The van der Waals surface area contributed by atoms with Gasteiger partial charge in [0.1, 0.15) is 5.82 Å². The highest BCUT2D eigenvalue weighted by Crippen LogP contribution is 2.03. The lowest BCUT2D eigenvalue weighted by molar-refractivity contribution is -0.118. The quantitative estimate of drug-likeness (QED) is 0.282. The van der Waals surface area contributed by atoms with Gasteiger partial charge in [-0.1, -0.05) is 17.8 Å². The summed E-state index contributed by atoms with van der Waals surface area (Å²) in [6, 6.07) is 5.25. The number of nitrogens with zero attached hydrogens (tertiary/aromatic N) is 2. The topological polar surface area (TPSA) is 142 Å². The van der Waals surface area contributed by atoms with Gasteiger partial charge in [-0.3, -0.25) is 21.1 Å². The molecule has 7 N–H and O–H groups in total. The lowest BCUT2D eigenvalue weighted by atomic mass is 10.5. The SMILES string of the molecule is N=C(N=C(N)N)SCC(=O)NNc1ccccn1. The summed E-state index contributed by atoms with van der Waals surface area (Å²) in [5.41, 5.74) is 15.2. The van der Waals surface area contributed by atoms with E-state index in [1.165, 1.54) is 0 Å². The number of hydrogen-bond acceptors (Lipinski definition) is 5. The molecule has 0 aliphatic rings. The molecule has 0 bridgehead atoms. The van der Waals surface area contributed by atoms with Crippen LogP contribution in [0, 0.1) is 5.41 Å². The van der Waals surface area contributed by atoms with E-state index in [0.717, 1.165) is 11.8 Å². The van der Waals surface area contributed by atoms with E-state index in [2.05, 4.69) is 20.8 Å². The molecule has 0 radical (unpaired) electrons. The number of pyridine rings is 1. The number of amides is 1. The Morgan fingerprint density at radius 2 is 2.28 bits per heavy atom. The predicted octanol–water partition coefficient (Wildman–Crippen LogP) is -0.534. The van der Waals surface area contributed by atoms with E-state index in [0.29, 0.717) is 5.82 Å². The molecule has 1 amide bonds. The molecule has 96 valence electrons. The summed E-state index contributed by atoms with van der Waals surface area (Å²) in [5, 5.41) is 7.19. The summed E-state index contributed by atoms with van der Waals surface area (Å²) < 4.78 is 0. The average Bonchev–Trinajstić information content (AvgIpc) is 2.34. The van der Waals surface area contributed by atoms with Crippen molar-refractivity contribution in [3.63, 3.8) is 0 Å². The van der Waals surface area contributed by atoms with Crippen LogP contribution in [-0.4, -0.2) is 27.8 Å². The van der Waals surface area contributed by atoms with Gasteiger partial charge in [-0.15, -0.1) is 0 Å². The van der Waals surface area contributed by atoms with Crippen LogP contribution in [0.2, 0.25) is 0 Å². The number of rotatable bonds is 4. The highest BCUT2D eigenvalue weighted by molar-refractivity contribution is 8.14. The van der Waals surface area contributed by atoms with Crippen LogP contribution in [0.5, 0.6) is 0 Å². The third kappa shape index (κ3) is 5.70. The lowest BCUT2D eigenvalue weighted by Crippen LogP contribution is -2.31. The van der Waals surface area contributed by atoms with E-state index in [4.69, 9.17) is 16.9 Å². The molecule has 8 nitrogen and oxygen atoms in total. The standard InChI is InChI=1S/C9H13N7OS/c10-8(11)14-9(12)18-5-7(17)16-15-6-3-1-2-4-13-6/h1-4H,5H2,(H,13,15)(H,16,17)(H5,10,11,12,14). The molecule has 0 saturated carbocycles. The number of carbonyl (C=O) groups is 1. The van der Waals surface area contributed by atoms with Crippen LogP contribution in [0.15, 0.2) is 29.4 Å². The molecule has 1 heterocycles. The number of nitrogens with one attached hydrogen (secondary N) is 3. The molecular weight excluding hydrogens is 254 g/mol. The fourth-order valence-electron chi connectivity index (χ4n) is 0.890. The smallest absolute Gasteiger partial charge is 0.248 e. The van der Waals surface area contributed by atoms with E-state index in [-0.39, 0.29) is 22.8 Å². The summed E-state index contributed by atoms with van der Waals surface area (Å²) >= 11 is 0.911. The Morgan fingerprint density at radius 1 is 1.50 bits per heavy atom. The van der Waals surface area contributed by atoms with Gasteiger partial charge in [0, 0.05) is 6.20 Å². The molecule has 1 aromatic rings. The number of carbonyl (C=O) groups excluding carboxylic acids is 1.